The third-order valence-corrected chi connectivity index (χ3v) is 4.78. The minimum absolute atomic E-state index is 0.215. The monoisotopic (exact) mass is 307 g/mol. The zero-order valence-corrected chi connectivity index (χ0v) is 12.5. The predicted octanol–water partition coefficient (Wildman–Crippen LogP) is 4.88. The van der Waals surface area contributed by atoms with Crippen LogP contribution >= 0.6 is 23.4 Å². The molecule has 1 saturated carbocycles. The van der Waals surface area contributed by atoms with E-state index in [2.05, 4.69) is 5.32 Å². The van der Waals surface area contributed by atoms with E-state index in [9.17, 15) is 4.39 Å². The van der Waals surface area contributed by atoms with Gasteiger partial charge in [-0.15, -0.1) is 0 Å². The molecule has 104 valence electrons. The van der Waals surface area contributed by atoms with Crippen molar-refractivity contribution in [3.63, 3.8) is 0 Å². The van der Waals surface area contributed by atoms with E-state index in [1.54, 1.807) is 12.1 Å². The molecule has 1 aliphatic rings. The Bertz CT molecular complexity index is 613. The molecular formula is C16H15ClFNS. The van der Waals surface area contributed by atoms with Crippen molar-refractivity contribution in [1.29, 1.82) is 0 Å². The fraction of sp³-hybridized carbons (Fsp3) is 0.250. The van der Waals surface area contributed by atoms with Crippen LogP contribution in [0.2, 0.25) is 5.02 Å². The highest BCUT2D eigenvalue weighted by molar-refractivity contribution is 7.99. The van der Waals surface area contributed by atoms with Crippen molar-refractivity contribution in [1.82, 2.24) is 5.32 Å². The molecule has 1 fully saturated rings. The molecule has 0 bridgehead atoms. The molecule has 0 unspecified atom stereocenters. The van der Waals surface area contributed by atoms with Crippen molar-refractivity contribution in [3.05, 3.63) is 58.9 Å². The Hall–Kier alpha value is -1.03. The van der Waals surface area contributed by atoms with E-state index < -0.39 is 0 Å². The van der Waals surface area contributed by atoms with E-state index >= 15 is 0 Å². The topological polar surface area (TPSA) is 12.0 Å². The predicted molar refractivity (Wildman–Crippen MR) is 81.8 cm³/mol. The summed E-state index contributed by atoms with van der Waals surface area (Å²) >= 11 is 7.65. The molecule has 0 radical (unpaired) electrons. The Kier molecular flexibility index (Phi) is 4.29. The lowest BCUT2D eigenvalue weighted by Crippen LogP contribution is -2.15. The van der Waals surface area contributed by atoms with E-state index in [0.717, 1.165) is 11.4 Å². The number of halogens is 2. The van der Waals surface area contributed by atoms with E-state index in [1.807, 2.05) is 24.3 Å². The molecule has 20 heavy (non-hydrogen) atoms. The summed E-state index contributed by atoms with van der Waals surface area (Å²) in [5.74, 6) is -0.215. The zero-order valence-electron chi connectivity index (χ0n) is 10.9. The average Bonchev–Trinajstić information content (AvgIpc) is 3.26. The summed E-state index contributed by atoms with van der Waals surface area (Å²) in [6.07, 6.45) is 2.55. The van der Waals surface area contributed by atoms with Gasteiger partial charge in [0.2, 0.25) is 0 Å². The molecule has 0 spiro atoms. The smallest absolute Gasteiger partial charge is 0.137 e. The second kappa shape index (κ2) is 6.17. The molecule has 0 atom stereocenters. The molecule has 2 aromatic carbocycles. The van der Waals surface area contributed by atoms with Crippen molar-refractivity contribution in [2.75, 3.05) is 0 Å². The van der Waals surface area contributed by atoms with Gasteiger partial charge in [0.15, 0.2) is 0 Å². The van der Waals surface area contributed by atoms with Crippen LogP contribution in [0.25, 0.3) is 0 Å². The third kappa shape index (κ3) is 3.54. The Morgan fingerprint density at radius 2 is 1.95 bits per heavy atom. The van der Waals surface area contributed by atoms with Crippen molar-refractivity contribution in [2.24, 2.45) is 0 Å². The summed E-state index contributed by atoms with van der Waals surface area (Å²) in [6.45, 7) is 0.842. The first-order valence-corrected chi connectivity index (χ1v) is 7.86. The van der Waals surface area contributed by atoms with Crippen molar-refractivity contribution >= 4 is 23.4 Å². The SMILES string of the molecule is Fc1ccccc1Sc1ccc(CNC2CC2)cc1Cl. The summed E-state index contributed by atoms with van der Waals surface area (Å²) in [5.41, 5.74) is 1.17. The van der Waals surface area contributed by atoms with Gasteiger partial charge in [-0.05, 0) is 42.7 Å². The fourth-order valence-corrected chi connectivity index (χ4v) is 3.09. The number of hydrogen-bond donors (Lipinski definition) is 1. The molecule has 0 heterocycles. The van der Waals surface area contributed by atoms with Crippen LogP contribution in [0.5, 0.6) is 0 Å². The summed E-state index contributed by atoms with van der Waals surface area (Å²) in [6, 6.07) is 13.4. The van der Waals surface area contributed by atoms with Gasteiger partial charge in [-0.25, -0.2) is 4.39 Å². The summed E-state index contributed by atoms with van der Waals surface area (Å²) < 4.78 is 13.6. The largest absolute Gasteiger partial charge is 0.310 e. The van der Waals surface area contributed by atoms with Gasteiger partial charge in [-0.1, -0.05) is 41.6 Å². The molecule has 1 nitrogen and oxygen atoms in total. The van der Waals surface area contributed by atoms with Crippen LogP contribution in [0, 0.1) is 5.82 Å². The fourth-order valence-electron chi connectivity index (χ4n) is 1.93. The van der Waals surface area contributed by atoms with E-state index in [1.165, 1.54) is 36.2 Å². The van der Waals surface area contributed by atoms with Crippen molar-refractivity contribution in [2.45, 2.75) is 35.2 Å². The van der Waals surface area contributed by atoms with Gasteiger partial charge >= 0.3 is 0 Å². The van der Waals surface area contributed by atoms with Gasteiger partial charge in [0, 0.05) is 22.4 Å². The minimum atomic E-state index is -0.215. The van der Waals surface area contributed by atoms with Crippen LogP contribution in [0.3, 0.4) is 0 Å². The van der Waals surface area contributed by atoms with Gasteiger partial charge in [0.1, 0.15) is 5.82 Å². The van der Waals surface area contributed by atoms with Crippen LogP contribution in [-0.4, -0.2) is 6.04 Å². The van der Waals surface area contributed by atoms with Crippen molar-refractivity contribution in [3.8, 4) is 0 Å². The normalized spacial score (nSPS) is 14.5. The summed E-state index contributed by atoms with van der Waals surface area (Å²) in [4.78, 5) is 1.48. The first-order valence-electron chi connectivity index (χ1n) is 6.66. The molecule has 1 aliphatic carbocycles. The minimum Gasteiger partial charge on any atom is -0.310 e. The van der Waals surface area contributed by atoms with Crippen LogP contribution in [0.1, 0.15) is 18.4 Å². The number of hydrogen-bond acceptors (Lipinski definition) is 2. The molecular weight excluding hydrogens is 293 g/mol. The number of rotatable bonds is 5. The van der Waals surface area contributed by atoms with Crippen LogP contribution in [0.4, 0.5) is 4.39 Å². The Morgan fingerprint density at radius 3 is 2.65 bits per heavy atom. The molecule has 0 saturated heterocycles. The second-order valence-electron chi connectivity index (χ2n) is 4.95. The highest BCUT2D eigenvalue weighted by Gasteiger charge is 2.20. The molecule has 2 aromatic rings. The average molecular weight is 308 g/mol. The Labute approximate surface area is 127 Å². The lowest BCUT2D eigenvalue weighted by atomic mass is 10.2. The maximum atomic E-state index is 13.6. The van der Waals surface area contributed by atoms with Crippen LogP contribution < -0.4 is 5.32 Å². The Balaban J connectivity index is 1.71. The second-order valence-corrected chi connectivity index (χ2v) is 6.44. The first kappa shape index (κ1) is 13.9. The number of benzene rings is 2. The van der Waals surface area contributed by atoms with E-state index in [0.29, 0.717) is 16.0 Å². The Morgan fingerprint density at radius 1 is 1.15 bits per heavy atom. The number of nitrogens with one attached hydrogen (secondary N) is 1. The summed E-state index contributed by atoms with van der Waals surface area (Å²) in [7, 11) is 0. The lowest BCUT2D eigenvalue weighted by Gasteiger charge is -2.08. The quantitative estimate of drug-likeness (QED) is 0.844. The molecule has 0 aliphatic heterocycles. The van der Waals surface area contributed by atoms with Gasteiger partial charge < -0.3 is 5.32 Å². The standard InChI is InChI=1S/C16H15ClFNS/c17-13-9-11(10-19-12-6-7-12)5-8-15(13)20-16-4-2-1-3-14(16)18/h1-5,8-9,12,19H,6-7,10H2. The van der Waals surface area contributed by atoms with E-state index in [4.69, 9.17) is 11.6 Å². The lowest BCUT2D eigenvalue weighted by molar-refractivity contribution is 0.602. The molecule has 3 rings (SSSR count). The molecule has 0 aromatic heterocycles. The summed E-state index contributed by atoms with van der Waals surface area (Å²) in [5, 5.41) is 4.13. The van der Waals surface area contributed by atoms with Gasteiger partial charge in [0.05, 0.1) is 5.02 Å². The van der Waals surface area contributed by atoms with Gasteiger partial charge in [0.25, 0.3) is 0 Å². The molecule has 0 amide bonds. The maximum Gasteiger partial charge on any atom is 0.137 e. The van der Waals surface area contributed by atoms with Crippen molar-refractivity contribution < 1.29 is 4.39 Å². The van der Waals surface area contributed by atoms with Gasteiger partial charge in [-0.3, -0.25) is 0 Å². The van der Waals surface area contributed by atoms with Crippen LogP contribution in [-0.2, 0) is 6.54 Å². The first-order chi connectivity index (χ1) is 9.72. The van der Waals surface area contributed by atoms with E-state index in [-0.39, 0.29) is 5.82 Å². The molecule has 4 heteroatoms. The third-order valence-electron chi connectivity index (χ3n) is 3.23. The highest BCUT2D eigenvalue weighted by Crippen LogP contribution is 2.35. The highest BCUT2D eigenvalue weighted by atomic mass is 35.5. The maximum absolute atomic E-state index is 13.6. The molecule has 1 N–H and O–H groups in total. The van der Waals surface area contributed by atoms with Crippen LogP contribution in [0.15, 0.2) is 52.3 Å². The zero-order chi connectivity index (χ0) is 13.9. The van der Waals surface area contributed by atoms with Gasteiger partial charge in [-0.2, -0.15) is 0 Å².